The molecule has 0 aliphatic rings. The van der Waals surface area contributed by atoms with E-state index in [2.05, 4.69) is 40.4 Å². The molecule has 2 heterocycles. The zero-order valence-corrected chi connectivity index (χ0v) is 17.0. The first-order chi connectivity index (χ1) is 12.4. The van der Waals surface area contributed by atoms with Crippen LogP contribution in [0.4, 0.5) is 14.9 Å². The van der Waals surface area contributed by atoms with Crippen LogP contribution in [0.2, 0.25) is 0 Å². The van der Waals surface area contributed by atoms with Crippen LogP contribution in [0.1, 0.15) is 29.0 Å². The van der Waals surface area contributed by atoms with Gasteiger partial charge in [-0.2, -0.15) is 0 Å². The largest absolute Gasteiger partial charge is 0.331 e. The molecule has 26 heavy (non-hydrogen) atoms. The first-order valence-corrected chi connectivity index (χ1v) is 9.73. The van der Waals surface area contributed by atoms with E-state index in [9.17, 15) is 9.18 Å². The second kappa shape index (κ2) is 7.63. The third-order valence-corrected chi connectivity index (χ3v) is 5.94. The van der Waals surface area contributed by atoms with Crippen LogP contribution in [0.25, 0.3) is 5.00 Å². The average Bonchev–Trinajstić information content (AvgIpc) is 3.19. The Balaban J connectivity index is 1.80. The van der Waals surface area contributed by atoms with Crippen molar-refractivity contribution in [2.75, 3.05) is 5.32 Å². The molecule has 3 aromatic rings. The summed E-state index contributed by atoms with van der Waals surface area (Å²) in [6, 6.07) is 7.78. The van der Waals surface area contributed by atoms with E-state index < -0.39 is 11.8 Å². The van der Waals surface area contributed by atoms with Gasteiger partial charge in [0.05, 0.1) is 11.7 Å². The van der Waals surface area contributed by atoms with E-state index in [-0.39, 0.29) is 11.7 Å². The van der Waals surface area contributed by atoms with Gasteiger partial charge in [-0.25, -0.2) is 9.18 Å². The van der Waals surface area contributed by atoms with Crippen molar-refractivity contribution < 1.29 is 9.18 Å². The van der Waals surface area contributed by atoms with Gasteiger partial charge in [0.1, 0.15) is 10.8 Å². The minimum absolute atomic E-state index is 0.141. The standard InChI is InChI=1S/C19H19BrFN3OS/c1-11-13(3)26-18(24-8-4-5-9-24)17(11)12(2)22-19(25)23-16-7-6-14(20)10-15(16)21/h4-10,12H,1-3H3,(H2,22,23,25)/t12-/m0/s1. The molecule has 0 saturated heterocycles. The van der Waals surface area contributed by atoms with Crippen molar-refractivity contribution in [3.8, 4) is 5.00 Å². The van der Waals surface area contributed by atoms with Crippen LogP contribution in [0.5, 0.6) is 0 Å². The van der Waals surface area contributed by atoms with Crippen molar-refractivity contribution in [1.82, 2.24) is 9.88 Å². The average molecular weight is 436 g/mol. The number of carbonyl (C=O) groups excluding carboxylic acids is 1. The number of benzene rings is 1. The van der Waals surface area contributed by atoms with Crippen LogP contribution < -0.4 is 10.6 Å². The summed E-state index contributed by atoms with van der Waals surface area (Å²) < 4.78 is 16.6. The zero-order valence-electron chi connectivity index (χ0n) is 14.6. The molecule has 2 aromatic heterocycles. The zero-order chi connectivity index (χ0) is 18.8. The van der Waals surface area contributed by atoms with E-state index in [1.165, 1.54) is 17.0 Å². The van der Waals surface area contributed by atoms with Gasteiger partial charge in [0.2, 0.25) is 0 Å². The Kier molecular flexibility index (Phi) is 5.48. The summed E-state index contributed by atoms with van der Waals surface area (Å²) in [6.07, 6.45) is 3.97. The second-order valence-corrected chi connectivity index (χ2v) is 8.16. The number of carbonyl (C=O) groups is 1. The lowest BCUT2D eigenvalue weighted by atomic mass is 10.1. The van der Waals surface area contributed by atoms with Gasteiger partial charge >= 0.3 is 6.03 Å². The molecule has 4 nitrogen and oxygen atoms in total. The quantitative estimate of drug-likeness (QED) is 0.523. The molecule has 0 unspecified atom stereocenters. The molecule has 0 aliphatic heterocycles. The van der Waals surface area contributed by atoms with Gasteiger partial charge in [-0.15, -0.1) is 11.3 Å². The van der Waals surface area contributed by atoms with Crippen LogP contribution in [0.3, 0.4) is 0 Å². The maximum absolute atomic E-state index is 13.9. The first-order valence-electron chi connectivity index (χ1n) is 8.12. The molecule has 7 heteroatoms. The normalized spacial score (nSPS) is 12.0. The van der Waals surface area contributed by atoms with Crippen molar-refractivity contribution in [2.24, 2.45) is 0 Å². The van der Waals surface area contributed by atoms with Crippen molar-refractivity contribution in [1.29, 1.82) is 0 Å². The molecule has 0 saturated carbocycles. The van der Waals surface area contributed by atoms with Gasteiger partial charge in [0.25, 0.3) is 0 Å². The van der Waals surface area contributed by atoms with E-state index in [1.54, 1.807) is 17.4 Å². The van der Waals surface area contributed by atoms with E-state index >= 15 is 0 Å². The van der Waals surface area contributed by atoms with Gasteiger partial charge in [-0.1, -0.05) is 15.9 Å². The SMILES string of the molecule is Cc1sc(-n2cccc2)c([C@H](C)NC(=O)Nc2ccc(Br)cc2F)c1C. The fourth-order valence-corrected chi connectivity index (χ4v) is 4.37. The number of hydrogen-bond donors (Lipinski definition) is 2. The van der Waals surface area contributed by atoms with Crippen LogP contribution >= 0.6 is 27.3 Å². The molecule has 0 spiro atoms. The smallest absolute Gasteiger partial charge is 0.319 e. The maximum atomic E-state index is 13.9. The summed E-state index contributed by atoms with van der Waals surface area (Å²) in [5, 5.41) is 6.55. The number of nitrogens with one attached hydrogen (secondary N) is 2. The second-order valence-electron chi connectivity index (χ2n) is 6.04. The number of nitrogens with zero attached hydrogens (tertiary/aromatic N) is 1. The number of thiophene rings is 1. The highest BCUT2D eigenvalue weighted by molar-refractivity contribution is 9.10. The summed E-state index contributed by atoms with van der Waals surface area (Å²) in [4.78, 5) is 13.6. The predicted octanol–water partition coefficient (Wildman–Crippen LogP) is 5.94. The molecular formula is C19H19BrFN3OS. The van der Waals surface area contributed by atoms with E-state index in [0.717, 1.165) is 16.1 Å². The lowest BCUT2D eigenvalue weighted by Crippen LogP contribution is -2.32. The monoisotopic (exact) mass is 435 g/mol. The number of urea groups is 1. The highest BCUT2D eigenvalue weighted by Crippen LogP contribution is 2.35. The fourth-order valence-electron chi connectivity index (χ4n) is 2.82. The summed E-state index contributed by atoms with van der Waals surface area (Å²) in [7, 11) is 0. The van der Waals surface area contributed by atoms with E-state index in [1.807, 2.05) is 36.0 Å². The third-order valence-electron chi connectivity index (χ3n) is 4.21. The Morgan fingerprint density at radius 2 is 1.96 bits per heavy atom. The Morgan fingerprint density at radius 3 is 2.62 bits per heavy atom. The van der Waals surface area contributed by atoms with Gasteiger partial charge in [0.15, 0.2) is 0 Å². The summed E-state index contributed by atoms with van der Waals surface area (Å²) in [5.41, 5.74) is 2.36. The molecular weight excluding hydrogens is 417 g/mol. The molecule has 0 radical (unpaired) electrons. The van der Waals surface area contributed by atoms with Crippen LogP contribution in [0, 0.1) is 19.7 Å². The molecule has 2 N–H and O–H groups in total. The predicted molar refractivity (Wildman–Crippen MR) is 108 cm³/mol. The summed E-state index contributed by atoms with van der Waals surface area (Å²) >= 11 is 4.89. The number of halogens is 2. The van der Waals surface area contributed by atoms with Crippen molar-refractivity contribution >= 4 is 39.0 Å². The van der Waals surface area contributed by atoms with Crippen LogP contribution in [0.15, 0.2) is 47.2 Å². The number of aromatic nitrogens is 1. The molecule has 1 atom stereocenters. The molecule has 3 rings (SSSR count). The Hall–Kier alpha value is -2.12. The van der Waals surface area contributed by atoms with E-state index in [4.69, 9.17) is 0 Å². The minimum atomic E-state index is -0.488. The Morgan fingerprint density at radius 1 is 1.27 bits per heavy atom. The molecule has 0 fully saturated rings. The van der Waals surface area contributed by atoms with Gasteiger partial charge < -0.3 is 15.2 Å². The lowest BCUT2D eigenvalue weighted by molar-refractivity contribution is 0.249. The van der Waals surface area contributed by atoms with Crippen molar-refractivity contribution in [3.63, 3.8) is 0 Å². The summed E-state index contributed by atoms with van der Waals surface area (Å²) in [6.45, 7) is 6.05. The van der Waals surface area contributed by atoms with E-state index in [0.29, 0.717) is 4.47 Å². The van der Waals surface area contributed by atoms with Gasteiger partial charge in [-0.05, 0) is 56.7 Å². The first kappa shape index (κ1) is 18.7. The number of aryl methyl sites for hydroxylation is 1. The van der Waals surface area contributed by atoms with Crippen molar-refractivity contribution in [2.45, 2.75) is 26.8 Å². The maximum Gasteiger partial charge on any atom is 0.319 e. The molecule has 0 aliphatic carbocycles. The Bertz CT molecular complexity index is 937. The van der Waals surface area contributed by atoms with Gasteiger partial charge in [-0.3, -0.25) is 0 Å². The number of amides is 2. The topological polar surface area (TPSA) is 46.1 Å². The third kappa shape index (κ3) is 3.83. The Labute approximate surface area is 164 Å². The van der Waals surface area contributed by atoms with Crippen LogP contribution in [-0.4, -0.2) is 10.6 Å². The van der Waals surface area contributed by atoms with Crippen molar-refractivity contribution in [3.05, 3.63) is 69.0 Å². The molecule has 136 valence electrons. The minimum Gasteiger partial charge on any atom is -0.331 e. The van der Waals surface area contributed by atoms with Gasteiger partial charge in [0, 0.05) is 27.3 Å². The highest BCUT2D eigenvalue weighted by atomic mass is 79.9. The molecule has 0 bridgehead atoms. The highest BCUT2D eigenvalue weighted by Gasteiger charge is 2.21. The molecule has 1 aromatic carbocycles. The number of rotatable bonds is 4. The number of anilines is 1. The summed E-state index contributed by atoms with van der Waals surface area (Å²) in [5.74, 6) is -0.488. The number of hydrogen-bond acceptors (Lipinski definition) is 2. The van der Waals surface area contributed by atoms with Crippen LogP contribution in [-0.2, 0) is 0 Å². The lowest BCUT2D eigenvalue weighted by Gasteiger charge is -2.17. The fraction of sp³-hybridized carbons (Fsp3) is 0.211. The molecule has 2 amide bonds.